The number of hydrogen-bond acceptors (Lipinski definition) is 0. The quantitative estimate of drug-likeness (QED) is 0.583. The average Bonchev–Trinajstić information content (AvgIpc) is 2.07. The van der Waals surface area contributed by atoms with E-state index >= 15 is 0 Å². The Hall–Kier alpha value is 0.267. The number of quaternary nitrogens is 2. The second-order valence-corrected chi connectivity index (χ2v) is 12.6. The summed E-state index contributed by atoms with van der Waals surface area (Å²) in [5.74, 6) is 0. The van der Waals surface area contributed by atoms with Gasteiger partial charge in [0.15, 0.2) is 0 Å². The molecule has 0 spiro atoms. The molecule has 0 aliphatic carbocycles. The first kappa shape index (κ1) is 13.3. The highest BCUT2D eigenvalue weighted by atomic mass is 28.3. The summed E-state index contributed by atoms with van der Waals surface area (Å²) in [5.41, 5.74) is 0. The van der Waals surface area contributed by atoms with E-state index in [0.29, 0.717) is 5.34 Å². The number of rotatable bonds is 1. The molecule has 0 saturated carbocycles. The number of likely N-dealkylation sites (N-methyl/N-ethyl adjacent to an activating group) is 2. The van der Waals surface area contributed by atoms with Gasteiger partial charge in [-0.3, -0.25) is 0 Å². The second-order valence-electron chi connectivity index (χ2n) is 7.19. The highest BCUT2D eigenvalue weighted by molar-refractivity contribution is 6.92. The molecule has 0 aromatic rings. The molecule has 0 unspecified atom stereocenters. The van der Waals surface area contributed by atoms with E-state index < -0.39 is 8.07 Å². The largest absolute Gasteiger partial charge is 0.444 e. The van der Waals surface area contributed by atoms with Crippen LogP contribution >= 0.6 is 0 Å². The van der Waals surface area contributed by atoms with E-state index in [-0.39, 0.29) is 0 Å². The summed E-state index contributed by atoms with van der Waals surface area (Å²) in [4.78, 5) is 0. The van der Waals surface area contributed by atoms with Crippen LogP contribution in [0.25, 0.3) is 0 Å². The van der Waals surface area contributed by atoms with E-state index in [9.17, 15) is 0 Å². The van der Waals surface area contributed by atoms with Crippen molar-refractivity contribution >= 4 is 22.9 Å². The Bertz CT molecular complexity index is 218. The monoisotopic (exact) mass is 224 g/mol. The van der Waals surface area contributed by atoms with Crippen molar-refractivity contribution in [1.29, 1.82) is 0 Å². The Labute approximate surface area is 98.4 Å². The molecule has 1 aliphatic heterocycles. The van der Waals surface area contributed by atoms with Gasteiger partial charge in [-0.15, -0.1) is 0 Å². The van der Waals surface area contributed by atoms with Crippen molar-refractivity contribution in [3.8, 4) is 0 Å². The lowest BCUT2D eigenvalue weighted by atomic mass is 9.64. The predicted molar refractivity (Wildman–Crippen MR) is 72.6 cm³/mol. The molecule has 1 aliphatic rings. The number of nitrogens with zero attached hydrogens (tertiary/aromatic N) is 2. The summed E-state index contributed by atoms with van der Waals surface area (Å²) in [6, 6.07) is 0. The standard InChI is InChI=1S/C10H26B2N2Si/c1-13(2)8-9-14(3,4)12-10(11-13)15(5,6)7/h10H,8-9H2,1-7H3/q+2. The lowest BCUT2D eigenvalue weighted by Gasteiger charge is -2.31. The van der Waals surface area contributed by atoms with Crippen molar-refractivity contribution in [2.75, 3.05) is 41.3 Å². The first-order valence-corrected chi connectivity index (χ1v) is 9.47. The van der Waals surface area contributed by atoms with Crippen LogP contribution in [0.15, 0.2) is 0 Å². The van der Waals surface area contributed by atoms with Crippen LogP contribution in [-0.4, -0.2) is 73.0 Å². The smallest absolute Gasteiger partial charge is 0.395 e. The minimum absolute atomic E-state index is 0.713. The summed E-state index contributed by atoms with van der Waals surface area (Å²) >= 11 is 0. The van der Waals surface area contributed by atoms with E-state index in [4.69, 9.17) is 0 Å². The molecular weight excluding hydrogens is 198 g/mol. The van der Waals surface area contributed by atoms with Crippen molar-refractivity contribution in [2.45, 2.75) is 25.0 Å². The Balaban J connectivity index is 2.87. The Morgan fingerprint density at radius 1 is 0.867 bits per heavy atom. The zero-order valence-electron chi connectivity index (χ0n) is 11.5. The summed E-state index contributed by atoms with van der Waals surface area (Å²) in [6.07, 6.45) is 0. The summed E-state index contributed by atoms with van der Waals surface area (Å²) in [5, 5.41) is 0.713. The lowest BCUT2D eigenvalue weighted by Crippen LogP contribution is -2.51. The van der Waals surface area contributed by atoms with Gasteiger partial charge in [0.25, 0.3) is 0 Å². The maximum Gasteiger partial charge on any atom is 0.444 e. The van der Waals surface area contributed by atoms with Gasteiger partial charge in [-0.05, 0) is 0 Å². The normalized spacial score (nSPS) is 26.3. The van der Waals surface area contributed by atoms with Gasteiger partial charge in [-0.1, -0.05) is 19.6 Å². The molecule has 0 aromatic heterocycles. The topological polar surface area (TPSA) is 0 Å². The van der Waals surface area contributed by atoms with Crippen molar-refractivity contribution in [1.82, 2.24) is 0 Å². The van der Waals surface area contributed by atoms with E-state index in [0.717, 1.165) is 8.79 Å². The van der Waals surface area contributed by atoms with Crippen molar-refractivity contribution in [3.05, 3.63) is 0 Å². The Morgan fingerprint density at radius 3 is 1.47 bits per heavy atom. The highest BCUT2D eigenvalue weighted by Crippen LogP contribution is 2.26. The third-order valence-corrected chi connectivity index (χ3v) is 5.68. The van der Waals surface area contributed by atoms with Gasteiger partial charge in [0.1, 0.15) is 13.1 Å². The molecule has 1 saturated heterocycles. The zero-order chi connectivity index (χ0) is 11.9. The van der Waals surface area contributed by atoms with Crippen LogP contribution in [0, 0.1) is 0 Å². The first-order valence-electron chi connectivity index (χ1n) is 5.89. The van der Waals surface area contributed by atoms with Crippen LogP contribution in [0.3, 0.4) is 0 Å². The van der Waals surface area contributed by atoms with Crippen LogP contribution in [0.2, 0.25) is 25.0 Å². The molecule has 1 rings (SSSR count). The minimum atomic E-state index is -1.11. The summed E-state index contributed by atoms with van der Waals surface area (Å²) in [6.45, 7) is 9.89. The molecular formula is C10H26B2N2Si+2. The molecule has 1 heterocycles. The molecule has 1 fully saturated rings. The third kappa shape index (κ3) is 3.97. The second kappa shape index (κ2) is 3.93. The zero-order valence-corrected chi connectivity index (χ0v) is 12.5. The van der Waals surface area contributed by atoms with E-state index in [1.807, 2.05) is 0 Å². The highest BCUT2D eigenvalue weighted by Gasteiger charge is 2.47. The predicted octanol–water partition coefficient (Wildman–Crippen LogP) is 1.01. The fourth-order valence-corrected chi connectivity index (χ4v) is 3.72. The van der Waals surface area contributed by atoms with Crippen molar-refractivity contribution in [3.63, 3.8) is 0 Å². The first-order chi connectivity index (χ1) is 6.52. The van der Waals surface area contributed by atoms with Gasteiger partial charge < -0.3 is 8.79 Å². The average molecular weight is 224 g/mol. The van der Waals surface area contributed by atoms with Crippen LogP contribution < -0.4 is 0 Å². The molecule has 0 amide bonds. The fraction of sp³-hybridized carbons (Fsp3) is 1.00. The third-order valence-electron chi connectivity index (χ3n) is 3.38. The van der Waals surface area contributed by atoms with Gasteiger partial charge in [0, 0.05) is 41.6 Å². The lowest BCUT2D eigenvalue weighted by molar-refractivity contribution is -0.834. The number of hydrogen-bond donors (Lipinski definition) is 0. The minimum Gasteiger partial charge on any atom is -0.395 e. The van der Waals surface area contributed by atoms with Crippen LogP contribution in [0.4, 0.5) is 0 Å². The van der Waals surface area contributed by atoms with Crippen LogP contribution in [0.1, 0.15) is 0 Å². The molecule has 2 nitrogen and oxygen atoms in total. The molecule has 84 valence electrons. The SMILES string of the molecule is C[N+]1(C)[B]C([Si](C)(C)C)[B][N+](C)(C)CC1. The molecule has 0 aromatic carbocycles. The fourth-order valence-electron chi connectivity index (χ4n) is 2.02. The molecule has 0 bridgehead atoms. The van der Waals surface area contributed by atoms with E-state index in [2.05, 4.69) is 62.7 Å². The molecule has 15 heavy (non-hydrogen) atoms. The molecule has 0 N–H and O–H groups in total. The maximum absolute atomic E-state index is 2.55. The van der Waals surface area contributed by atoms with Crippen LogP contribution in [0.5, 0.6) is 0 Å². The summed E-state index contributed by atoms with van der Waals surface area (Å²) in [7, 11) is 13.3. The van der Waals surface area contributed by atoms with Gasteiger partial charge in [-0.2, -0.15) is 0 Å². The Kier molecular flexibility index (Phi) is 3.50. The van der Waals surface area contributed by atoms with E-state index in [1.54, 1.807) is 0 Å². The molecule has 5 heteroatoms. The van der Waals surface area contributed by atoms with Gasteiger partial charge in [0.2, 0.25) is 0 Å². The Morgan fingerprint density at radius 2 is 1.20 bits per heavy atom. The maximum atomic E-state index is 2.55. The molecule has 0 atom stereocenters. The van der Waals surface area contributed by atoms with Crippen molar-refractivity contribution < 1.29 is 8.79 Å². The molecule has 2 radical (unpaired) electrons. The van der Waals surface area contributed by atoms with Gasteiger partial charge in [-0.25, -0.2) is 0 Å². The van der Waals surface area contributed by atoms with Gasteiger partial charge in [0.05, 0.1) is 0 Å². The van der Waals surface area contributed by atoms with Crippen molar-refractivity contribution in [2.24, 2.45) is 0 Å². The van der Waals surface area contributed by atoms with Gasteiger partial charge >= 0.3 is 14.8 Å². The van der Waals surface area contributed by atoms with Crippen LogP contribution in [-0.2, 0) is 0 Å². The summed E-state index contributed by atoms with van der Waals surface area (Å²) < 4.78 is 2.13. The van der Waals surface area contributed by atoms with E-state index in [1.165, 1.54) is 13.1 Å².